The minimum Gasteiger partial charge on any atom is -0.497 e. The van der Waals surface area contributed by atoms with E-state index in [-0.39, 0.29) is 5.04 Å². The first-order valence-electron chi connectivity index (χ1n) is 10.6. The average molecular weight is 411 g/mol. The molecule has 30 heavy (non-hydrogen) atoms. The maximum absolute atomic E-state index is 5.58. The second-order valence-corrected chi connectivity index (χ2v) is 11.8. The molecule has 0 saturated heterocycles. The number of allylic oxidation sites excluding steroid dienone is 4. The fourth-order valence-electron chi connectivity index (χ4n) is 5.24. The summed E-state index contributed by atoms with van der Waals surface area (Å²) in [6.45, 7) is 9.41. The fourth-order valence-corrected chi connectivity index (χ4v) is 9.49. The van der Waals surface area contributed by atoms with Gasteiger partial charge in [-0.2, -0.15) is 0 Å². The van der Waals surface area contributed by atoms with Crippen molar-refractivity contribution in [3.05, 3.63) is 107 Å². The molecule has 0 heterocycles. The molecule has 4 rings (SSSR count). The molecule has 1 aliphatic carbocycles. The molecule has 0 aliphatic heterocycles. The van der Waals surface area contributed by atoms with Gasteiger partial charge in [-0.05, 0) is 55.2 Å². The van der Waals surface area contributed by atoms with Crippen molar-refractivity contribution < 1.29 is 4.74 Å². The lowest BCUT2D eigenvalue weighted by atomic mass is 9.90. The van der Waals surface area contributed by atoms with Crippen molar-refractivity contribution in [2.45, 2.75) is 32.7 Å². The Hall–Kier alpha value is -2.84. The van der Waals surface area contributed by atoms with Crippen LogP contribution in [0, 0.1) is 0 Å². The quantitative estimate of drug-likeness (QED) is 0.496. The SMILES string of the molecule is COc1cccc(C2=C(C)C(C)=C(C)C2(C)[SiH](c2ccccc2)c2ccccc2)c1. The van der Waals surface area contributed by atoms with E-state index >= 15 is 0 Å². The van der Waals surface area contributed by atoms with E-state index in [1.165, 1.54) is 38.2 Å². The van der Waals surface area contributed by atoms with Crippen LogP contribution in [-0.4, -0.2) is 15.9 Å². The van der Waals surface area contributed by atoms with Crippen LogP contribution >= 0.6 is 0 Å². The van der Waals surface area contributed by atoms with Crippen LogP contribution in [0.5, 0.6) is 5.75 Å². The smallest absolute Gasteiger partial charge is 0.119 e. The van der Waals surface area contributed by atoms with Crippen LogP contribution in [0.1, 0.15) is 33.3 Å². The molecule has 3 aromatic carbocycles. The highest BCUT2D eigenvalue weighted by molar-refractivity contribution is 6.89. The molecule has 0 amide bonds. The Kier molecular flexibility index (Phi) is 5.53. The summed E-state index contributed by atoms with van der Waals surface area (Å²) >= 11 is 0. The predicted molar refractivity (Wildman–Crippen MR) is 132 cm³/mol. The van der Waals surface area contributed by atoms with Crippen molar-refractivity contribution >= 4 is 24.7 Å². The zero-order valence-electron chi connectivity index (χ0n) is 18.6. The second kappa shape index (κ2) is 8.12. The van der Waals surface area contributed by atoms with Crippen molar-refractivity contribution in [3.8, 4) is 5.75 Å². The van der Waals surface area contributed by atoms with Gasteiger partial charge in [0, 0.05) is 5.04 Å². The number of rotatable bonds is 5. The van der Waals surface area contributed by atoms with Gasteiger partial charge in [-0.1, -0.05) is 95.7 Å². The molecule has 0 aromatic heterocycles. The first-order chi connectivity index (χ1) is 14.5. The molecule has 1 nitrogen and oxygen atoms in total. The minimum absolute atomic E-state index is 0.0246. The molecule has 0 N–H and O–H groups in total. The zero-order chi connectivity index (χ0) is 21.3. The standard InChI is InChI=1S/C28H30OSi/c1-20-21(2)27(23-13-12-14-24(19-23)29-5)28(4,22(20)3)30(25-15-8-6-9-16-25)26-17-10-7-11-18-26/h6-19,30H,1-5H3. The molecule has 152 valence electrons. The number of hydrogen-bond acceptors (Lipinski definition) is 1. The summed E-state index contributed by atoms with van der Waals surface area (Å²) in [5.74, 6) is 0.912. The second-order valence-electron chi connectivity index (χ2n) is 8.44. The summed E-state index contributed by atoms with van der Waals surface area (Å²) in [6.07, 6.45) is 0. The van der Waals surface area contributed by atoms with E-state index in [0.29, 0.717) is 0 Å². The highest BCUT2D eigenvalue weighted by Crippen LogP contribution is 2.58. The summed E-state index contributed by atoms with van der Waals surface area (Å²) in [7, 11) is 0.0830. The molecule has 0 spiro atoms. The monoisotopic (exact) mass is 410 g/mol. The van der Waals surface area contributed by atoms with Gasteiger partial charge >= 0.3 is 0 Å². The molecular weight excluding hydrogens is 380 g/mol. The van der Waals surface area contributed by atoms with E-state index in [2.05, 4.69) is 107 Å². The van der Waals surface area contributed by atoms with Crippen LogP contribution in [0.2, 0.25) is 5.04 Å². The zero-order valence-corrected chi connectivity index (χ0v) is 19.7. The molecule has 1 aliphatic rings. The highest BCUT2D eigenvalue weighted by atomic mass is 28.3. The van der Waals surface area contributed by atoms with E-state index in [9.17, 15) is 0 Å². The van der Waals surface area contributed by atoms with Crippen molar-refractivity contribution in [2.75, 3.05) is 7.11 Å². The summed E-state index contributed by atoms with van der Waals surface area (Å²) in [5, 5.41) is 2.94. The fraction of sp³-hybridized carbons (Fsp3) is 0.214. The van der Waals surface area contributed by atoms with Crippen LogP contribution in [-0.2, 0) is 0 Å². The molecule has 0 fully saturated rings. The highest BCUT2D eigenvalue weighted by Gasteiger charge is 2.47. The Morgan fingerprint density at radius 2 is 1.27 bits per heavy atom. The predicted octanol–water partition coefficient (Wildman–Crippen LogP) is 5.62. The third-order valence-electron chi connectivity index (χ3n) is 7.00. The summed E-state index contributed by atoms with van der Waals surface area (Å²) < 4.78 is 5.58. The largest absolute Gasteiger partial charge is 0.497 e. The van der Waals surface area contributed by atoms with Gasteiger partial charge in [-0.15, -0.1) is 0 Å². The van der Waals surface area contributed by atoms with Gasteiger partial charge in [0.25, 0.3) is 0 Å². The van der Waals surface area contributed by atoms with Crippen LogP contribution in [0.15, 0.2) is 102 Å². The van der Waals surface area contributed by atoms with Gasteiger partial charge in [-0.3, -0.25) is 0 Å². The van der Waals surface area contributed by atoms with E-state index in [1.807, 2.05) is 6.07 Å². The van der Waals surface area contributed by atoms with Gasteiger partial charge in [0.05, 0.1) is 7.11 Å². The molecule has 0 bridgehead atoms. The molecule has 0 saturated carbocycles. The van der Waals surface area contributed by atoms with Crippen LogP contribution < -0.4 is 15.1 Å². The lowest BCUT2D eigenvalue weighted by molar-refractivity contribution is 0.414. The van der Waals surface area contributed by atoms with Crippen molar-refractivity contribution in [1.29, 1.82) is 0 Å². The van der Waals surface area contributed by atoms with Crippen LogP contribution in [0.4, 0.5) is 0 Å². The lowest BCUT2D eigenvalue weighted by Gasteiger charge is -2.39. The van der Waals surface area contributed by atoms with E-state index < -0.39 is 8.80 Å². The third-order valence-corrected chi connectivity index (χ3v) is 11.0. The van der Waals surface area contributed by atoms with Gasteiger partial charge in [-0.25, -0.2) is 0 Å². The van der Waals surface area contributed by atoms with Gasteiger partial charge in [0.2, 0.25) is 0 Å². The molecule has 2 heteroatoms. The normalized spacial score (nSPS) is 19.0. The Labute approximate surface area is 182 Å². The van der Waals surface area contributed by atoms with Crippen LogP contribution in [0.25, 0.3) is 5.57 Å². The van der Waals surface area contributed by atoms with Crippen molar-refractivity contribution in [3.63, 3.8) is 0 Å². The average Bonchev–Trinajstić information content (AvgIpc) is 2.96. The molecule has 1 atom stereocenters. The van der Waals surface area contributed by atoms with Crippen molar-refractivity contribution in [1.82, 2.24) is 0 Å². The minimum atomic E-state index is -1.66. The van der Waals surface area contributed by atoms with Gasteiger partial charge in [0.15, 0.2) is 0 Å². The number of hydrogen-bond donors (Lipinski definition) is 0. The maximum atomic E-state index is 5.58. The Morgan fingerprint density at radius 3 is 1.80 bits per heavy atom. The maximum Gasteiger partial charge on any atom is 0.119 e. The summed E-state index contributed by atoms with van der Waals surface area (Å²) in [4.78, 5) is 0. The van der Waals surface area contributed by atoms with E-state index in [0.717, 1.165) is 5.75 Å². The van der Waals surface area contributed by atoms with Gasteiger partial charge < -0.3 is 4.74 Å². The summed E-state index contributed by atoms with van der Waals surface area (Å²) in [6, 6.07) is 30.9. The Balaban J connectivity index is 2.00. The lowest BCUT2D eigenvalue weighted by Crippen LogP contribution is -2.51. The van der Waals surface area contributed by atoms with E-state index in [4.69, 9.17) is 4.74 Å². The molecule has 0 radical (unpaired) electrons. The summed E-state index contributed by atoms with van der Waals surface area (Å²) in [5.41, 5.74) is 7.07. The Morgan fingerprint density at radius 1 is 0.700 bits per heavy atom. The Bertz CT molecular complexity index is 1070. The molecule has 1 unspecified atom stereocenters. The number of benzene rings is 3. The number of methoxy groups -OCH3 is 1. The van der Waals surface area contributed by atoms with Gasteiger partial charge in [0.1, 0.15) is 14.5 Å². The molecule has 3 aromatic rings. The molecular formula is C28H30OSi. The third kappa shape index (κ3) is 3.26. The van der Waals surface area contributed by atoms with E-state index in [1.54, 1.807) is 7.11 Å². The first-order valence-corrected chi connectivity index (χ1v) is 12.4. The topological polar surface area (TPSA) is 9.23 Å². The first kappa shape index (κ1) is 20.4. The number of ether oxygens (including phenoxy) is 1. The van der Waals surface area contributed by atoms with Crippen molar-refractivity contribution in [2.24, 2.45) is 0 Å². The van der Waals surface area contributed by atoms with Crippen LogP contribution in [0.3, 0.4) is 0 Å².